The Morgan fingerprint density at radius 3 is 2.72 bits per heavy atom. The Labute approximate surface area is 207 Å². The molecule has 1 spiro atoms. The maximum atomic E-state index is 13.3. The summed E-state index contributed by atoms with van der Waals surface area (Å²) in [6.45, 7) is 1.22. The van der Waals surface area contributed by atoms with Gasteiger partial charge in [-0.2, -0.15) is 0 Å². The van der Waals surface area contributed by atoms with Gasteiger partial charge in [-0.3, -0.25) is 4.79 Å². The molecule has 6 rings (SSSR count). The summed E-state index contributed by atoms with van der Waals surface area (Å²) in [6.07, 6.45) is 8.96. The van der Waals surface area contributed by atoms with Gasteiger partial charge in [0.1, 0.15) is 5.75 Å². The SMILES string of the molecule is [N-]=[N+]=NCOc1ccc2c(c1)NC1(CCN(C(=O)c3ccc(-n4ccnc4)cc3)CC1)c1cccn1-2. The van der Waals surface area contributed by atoms with Crippen molar-refractivity contribution >= 4 is 11.6 Å². The molecule has 4 heterocycles. The van der Waals surface area contributed by atoms with E-state index < -0.39 is 0 Å². The van der Waals surface area contributed by atoms with Gasteiger partial charge in [-0.15, -0.1) is 0 Å². The summed E-state index contributed by atoms with van der Waals surface area (Å²) in [5, 5.41) is 7.21. The quantitative estimate of drug-likeness (QED) is 0.249. The second kappa shape index (κ2) is 8.83. The van der Waals surface area contributed by atoms with Gasteiger partial charge in [-0.25, -0.2) is 4.98 Å². The number of benzene rings is 2. The first-order valence-electron chi connectivity index (χ1n) is 11.8. The van der Waals surface area contributed by atoms with Crippen LogP contribution in [0.3, 0.4) is 0 Å². The van der Waals surface area contributed by atoms with Crippen LogP contribution in [0, 0.1) is 0 Å². The first-order valence-corrected chi connectivity index (χ1v) is 11.8. The molecular weight excluding hydrogens is 456 g/mol. The van der Waals surface area contributed by atoms with Crippen molar-refractivity contribution in [2.24, 2.45) is 5.11 Å². The normalized spacial score (nSPS) is 15.4. The predicted octanol–water partition coefficient (Wildman–Crippen LogP) is 4.87. The van der Waals surface area contributed by atoms with Crippen LogP contribution in [-0.2, 0) is 5.54 Å². The Bertz CT molecular complexity index is 1440. The number of anilines is 1. The fourth-order valence-corrected chi connectivity index (χ4v) is 5.19. The molecule has 1 N–H and O–H groups in total. The third-order valence-electron chi connectivity index (χ3n) is 7.01. The molecule has 0 aliphatic carbocycles. The number of ether oxygens (including phenoxy) is 1. The standard InChI is InChI=1S/C26H24N8O2/c27-31-29-18-36-21-7-8-23-22(16-21)30-26(24-2-1-12-34(23)24)9-13-32(14-10-26)25(35)19-3-5-20(6-4-19)33-15-11-28-17-33/h1-8,11-12,15-17,30H,9-10,13-14,18H2. The summed E-state index contributed by atoms with van der Waals surface area (Å²) in [5.41, 5.74) is 13.0. The zero-order valence-corrected chi connectivity index (χ0v) is 19.5. The topological polar surface area (TPSA) is 113 Å². The molecule has 2 aromatic carbocycles. The average molecular weight is 481 g/mol. The molecule has 180 valence electrons. The Morgan fingerprint density at radius 1 is 1.14 bits per heavy atom. The maximum Gasteiger partial charge on any atom is 0.253 e. The van der Waals surface area contributed by atoms with Crippen LogP contribution in [0.1, 0.15) is 28.9 Å². The lowest BCUT2D eigenvalue weighted by Gasteiger charge is -2.46. The van der Waals surface area contributed by atoms with E-state index in [0.29, 0.717) is 24.4 Å². The van der Waals surface area contributed by atoms with Crippen molar-refractivity contribution < 1.29 is 9.53 Å². The fourth-order valence-electron chi connectivity index (χ4n) is 5.19. The number of nitrogens with one attached hydrogen (secondary N) is 1. The minimum atomic E-state index is -0.290. The summed E-state index contributed by atoms with van der Waals surface area (Å²) in [7, 11) is 0. The zero-order valence-electron chi connectivity index (χ0n) is 19.5. The third-order valence-corrected chi connectivity index (χ3v) is 7.01. The van der Waals surface area contributed by atoms with Gasteiger partial charge >= 0.3 is 0 Å². The van der Waals surface area contributed by atoms with Gasteiger partial charge in [-0.1, -0.05) is 5.11 Å². The van der Waals surface area contributed by atoms with Crippen LogP contribution in [-0.4, -0.2) is 44.7 Å². The van der Waals surface area contributed by atoms with Gasteiger partial charge in [0.15, 0.2) is 6.73 Å². The number of hydrogen-bond acceptors (Lipinski definition) is 5. The molecule has 0 bridgehead atoms. The molecule has 2 aromatic heterocycles. The monoisotopic (exact) mass is 480 g/mol. The number of hydrogen-bond donors (Lipinski definition) is 1. The van der Waals surface area contributed by atoms with Gasteiger partial charge in [0.05, 0.1) is 23.2 Å². The van der Waals surface area contributed by atoms with Gasteiger partial charge in [0.2, 0.25) is 0 Å². The molecule has 0 unspecified atom stereocenters. The average Bonchev–Trinajstić information content (AvgIpc) is 3.63. The number of carbonyl (C=O) groups is 1. The van der Waals surface area contributed by atoms with Crippen LogP contribution in [0.2, 0.25) is 0 Å². The van der Waals surface area contributed by atoms with Crippen LogP contribution >= 0.6 is 0 Å². The van der Waals surface area contributed by atoms with Crippen molar-refractivity contribution in [3.8, 4) is 17.1 Å². The fraction of sp³-hybridized carbons (Fsp3) is 0.231. The van der Waals surface area contributed by atoms with Crippen molar-refractivity contribution in [3.05, 3.63) is 101 Å². The Balaban J connectivity index is 1.20. The van der Waals surface area contributed by atoms with Gasteiger partial charge in [0.25, 0.3) is 5.91 Å². The van der Waals surface area contributed by atoms with Crippen LogP contribution in [0.25, 0.3) is 21.8 Å². The Hall–Kier alpha value is -4.69. The number of likely N-dealkylation sites (tertiary alicyclic amines) is 1. The number of rotatable bonds is 5. The number of carbonyl (C=O) groups excluding carboxylic acids is 1. The molecule has 0 radical (unpaired) electrons. The molecule has 0 saturated carbocycles. The number of imidazole rings is 1. The molecule has 10 nitrogen and oxygen atoms in total. The largest absolute Gasteiger partial charge is 0.487 e. The lowest BCUT2D eigenvalue weighted by molar-refractivity contribution is 0.0676. The van der Waals surface area contributed by atoms with Crippen LogP contribution in [0.5, 0.6) is 5.75 Å². The van der Waals surface area contributed by atoms with E-state index in [2.05, 4.69) is 43.2 Å². The summed E-state index contributed by atoms with van der Waals surface area (Å²) in [4.78, 5) is 22.0. The van der Waals surface area contributed by atoms with Crippen molar-refractivity contribution in [1.82, 2.24) is 19.0 Å². The number of piperidine rings is 1. The predicted molar refractivity (Wildman–Crippen MR) is 134 cm³/mol. The van der Waals surface area contributed by atoms with E-state index in [4.69, 9.17) is 10.3 Å². The molecule has 0 atom stereocenters. The lowest BCUT2D eigenvalue weighted by atomic mass is 9.82. The highest BCUT2D eigenvalue weighted by Crippen LogP contribution is 2.44. The number of aromatic nitrogens is 3. The highest BCUT2D eigenvalue weighted by Gasteiger charge is 2.42. The summed E-state index contributed by atoms with van der Waals surface area (Å²) < 4.78 is 9.67. The second-order valence-electron chi connectivity index (χ2n) is 8.96. The molecule has 1 fully saturated rings. The number of amides is 1. The molecule has 10 heteroatoms. The first-order chi connectivity index (χ1) is 17.7. The minimum absolute atomic E-state index is 0.0438. The second-order valence-corrected chi connectivity index (χ2v) is 8.96. The van der Waals surface area contributed by atoms with Crippen LogP contribution in [0.15, 0.2) is 84.6 Å². The summed E-state index contributed by atoms with van der Waals surface area (Å²) in [5.74, 6) is 0.675. The minimum Gasteiger partial charge on any atom is -0.487 e. The van der Waals surface area contributed by atoms with Crippen molar-refractivity contribution in [1.29, 1.82) is 0 Å². The summed E-state index contributed by atoms with van der Waals surface area (Å²) >= 11 is 0. The van der Waals surface area contributed by atoms with Gasteiger partial charge < -0.3 is 24.1 Å². The first kappa shape index (κ1) is 21.8. The highest BCUT2D eigenvalue weighted by atomic mass is 16.5. The number of fused-ring (bicyclic) bond motifs is 4. The Morgan fingerprint density at radius 2 is 1.97 bits per heavy atom. The van der Waals surface area contributed by atoms with Crippen molar-refractivity contribution in [3.63, 3.8) is 0 Å². The van der Waals surface area contributed by atoms with E-state index in [0.717, 1.165) is 29.9 Å². The van der Waals surface area contributed by atoms with Crippen molar-refractivity contribution in [2.45, 2.75) is 18.4 Å². The van der Waals surface area contributed by atoms with E-state index in [9.17, 15) is 4.79 Å². The van der Waals surface area contributed by atoms with Gasteiger partial charge in [-0.05, 0) is 66.9 Å². The van der Waals surface area contributed by atoms with E-state index >= 15 is 0 Å². The molecule has 36 heavy (non-hydrogen) atoms. The van der Waals surface area contributed by atoms with E-state index in [1.165, 1.54) is 5.69 Å². The van der Waals surface area contributed by atoms with Gasteiger partial charge in [0, 0.05) is 59.6 Å². The number of nitrogens with zero attached hydrogens (tertiary/aromatic N) is 7. The molecule has 2 aliphatic rings. The lowest BCUT2D eigenvalue weighted by Crippen LogP contribution is -2.51. The molecule has 2 aliphatic heterocycles. The van der Waals surface area contributed by atoms with E-state index in [1.54, 1.807) is 12.5 Å². The van der Waals surface area contributed by atoms with Crippen LogP contribution in [0.4, 0.5) is 5.69 Å². The highest BCUT2D eigenvalue weighted by molar-refractivity contribution is 5.94. The van der Waals surface area contributed by atoms with Crippen molar-refractivity contribution in [2.75, 3.05) is 25.1 Å². The molecular formula is C26H24N8O2. The molecule has 4 aromatic rings. The number of azide groups is 1. The maximum absolute atomic E-state index is 13.3. The van der Waals surface area contributed by atoms with E-state index in [1.807, 2.05) is 58.1 Å². The summed E-state index contributed by atoms with van der Waals surface area (Å²) in [6, 6.07) is 17.6. The van der Waals surface area contributed by atoms with E-state index in [-0.39, 0.29) is 18.2 Å². The van der Waals surface area contributed by atoms with Crippen LogP contribution < -0.4 is 10.1 Å². The molecule has 1 amide bonds. The third kappa shape index (κ3) is 3.73. The Kier molecular flexibility index (Phi) is 5.35. The smallest absolute Gasteiger partial charge is 0.253 e. The zero-order chi connectivity index (χ0) is 24.5. The molecule has 1 saturated heterocycles.